The number of hydrogen-bond donors (Lipinski definition) is 3. The van der Waals surface area contributed by atoms with Crippen molar-refractivity contribution in [3.05, 3.63) is 71.2 Å². The lowest BCUT2D eigenvalue weighted by molar-refractivity contribution is -0.133. The Morgan fingerprint density at radius 3 is 2.36 bits per heavy atom. The number of amides is 1. The summed E-state index contributed by atoms with van der Waals surface area (Å²) in [4.78, 5) is 20.2. The van der Waals surface area contributed by atoms with Gasteiger partial charge in [0.15, 0.2) is 0 Å². The molecule has 0 saturated carbocycles. The van der Waals surface area contributed by atoms with Crippen LogP contribution in [0.2, 0.25) is 0 Å². The third-order valence-corrected chi connectivity index (χ3v) is 8.85. The average molecular weight is 532 g/mol. The lowest BCUT2D eigenvalue weighted by atomic mass is 9.62. The molecule has 0 bridgehead atoms. The van der Waals surface area contributed by atoms with Crippen LogP contribution in [0.25, 0.3) is 11.3 Å². The standard InChI is InChI=1S/C31H41N5O3/c1-21(2)23-6-8-25(9-7-23)31(39,29(4)19-35(5)20-29)26-14-24(17-32-18-26)28-15-27(33-34-28)16-30(38)10-12-36(13-11-30)22(3)37/h6-9,14-15,17-18,21,38-39H,10-13,16,19-20H2,1-5H3,(H,33,34)/t31-/m0/s1. The number of nitrogens with zero attached hydrogens (tertiary/aromatic N) is 4. The monoisotopic (exact) mass is 531 g/mol. The van der Waals surface area contributed by atoms with Gasteiger partial charge in [-0.2, -0.15) is 5.10 Å². The molecule has 2 fully saturated rings. The van der Waals surface area contributed by atoms with E-state index < -0.39 is 11.2 Å². The van der Waals surface area contributed by atoms with Crippen molar-refractivity contribution in [1.82, 2.24) is 25.0 Å². The van der Waals surface area contributed by atoms with Gasteiger partial charge < -0.3 is 20.0 Å². The first-order chi connectivity index (χ1) is 18.4. The molecule has 2 aliphatic rings. The summed E-state index contributed by atoms with van der Waals surface area (Å²) in [6.07, 6.45) is 5.04. The van der Waals surface area contributed by atoms with Crippen molar-refractivity contribution in [1.29, 1.82) is 0 Å². The highest BCUT2D eigenvalue weighted by atomic mass is 16.3. The van der Waals surface area contributed by atoms with E-state index in [0.717, 1.165) is 41.2 Å². The Kier molecular flexibility index (Phi) is 7.16. The summed E-state index contributed by atoms with van der Waals surface area (Å²) in [5.74, 6) is 0.461. The number of aromatic nitrogens is 3. The summed E-state index contributed by atoms with van der Waals surface area (Å²) in [7, 11) is 2.07. The molecule has 1 amide bonds. The molecule has 0 spiro atoms. The minimum absolute atomic E-state index is 0.0477. The molecule has 208 valence electrons. The smallest absolute Gasteiger partial charge is 0.219 e. The molecule has 3 aromatic rings. The van der Waals surface area contributed by atoms with Gasteiger partial charge in [0, 0.05) is 74.2 Å². The molecule has 39 heavy (non-hydrogen) atoms. The molecular formula is C31H41N5O3. The second-order valence-electron chi connectivity index (χ2n) is 12.4. The van der Waals surface area contributed by atoms with E-state index in [9.17, 15) is 15.0 Å². The molecule has 4 heterocycles. The number of rotatable bonds is 7. The predicted molar refractivity (Wildman–Crippen MR) is 151 cm³/mol. The number of aliphatic hydroxyl groups is 2. The number of piperidine rings is 1. The van der Waals surface area contributed by atoms with Gasteiger partial charge in [0.2, 0.25) is 5.91 Å². The maximum Gasteiger partial charge on any atom is 0.219 e. The number of carbonyl (C=O) groups excluding carboxylic acids is 1. The highest BCUT2D eigenvalue weighted by Gasteiger charge is 2.55. The fourth-order valence-electron chi connectivity index (χ4n) is 6.49. The second-order valence-corrected chi connectivity index (χ2v) is 12.4. The topological polar surface area (TPSA) is 106 Å². The normalized spacial score (nSPS) is 20.5. The lowest BCUT2D eigenvalue weighted by Crippen LogP contribution is -2.63. The third-order valence-electron chi connectivity index (χ3n) is 8.85. The quantitative estimate of drug-likeness (QED) is 0.429. The summed E-state index contributed by atoms with van der Waals surface area (Å²) >= 11 is 0. The Bertz CT molecular complexity index is 1320. The van der Waals surface area contributed by atoms with Crippen molar-refractivity contribution in [2.75, 3.05) is 33.2 Å². The zero-order chi connectivity index (χ0) is 28.0. The Morgan fingerprint density at radius 1 is 1.10 bits per heavy atom. The van der Waals surface area contributed by atoms with Crippen LogP contribution in [0.5, 0.6) is 0 Å². The average Bonchev–Trinajstić information content (AvgIpc) is 3.35. The van der Waals surface area contributed by atoms with E-state index in [2.05, 4.69) is 72.2 Å². The number of aromatic amines is 1. The molecule has 8 heteroatoms. The molecule has 3 N–H and O–H groups in total. The number of nitrogens with one attached hydrogen (secondary N) is 1. The minimum atomic E-state index is -1.23. The van der Waals surface area contributed by atoms with Crippen LogP contribution in [0.3, 0.4) is 0 Å². The first kappa shape index (κ1) is 27.5. The first-order valence-corrected chi connectivity index (χ1v) is 13.9. The zero-order valence-electron chi connectivity index (χ0n) is 23.7. The summed E-state index contributed by atoms with van der Waals surface area (Å²) < 4.78 is 0. The molecule has 0 aliphatic carbocycles. The molecular weight excluding hydrogens is 490 g/mol. The summed E-state index contributed by atoms with van der Waals surface area (Å²) in [5, 5.41) is 31.3. The molecule has 2 saturated heterocycles. The molecule has 2 aromatic heterocycles. The van der Waals surface area contributed by atoms with Crippen molar-refractivity contribution < 1.29 is 15.0 Å². The van der Waals surface area contributed by atoms with Crippen molar-refractivity contribution in [3.63, 3.8) is 0 Å². The summed E-state index contributed by atoms with van der Waals surface area (Å²) in [6, 6.07) is 12.3. The van der Waals surface area contributed by atoms with Crippen molar-refractivity contribution in [3.8, 4) is 11.3 Å². The van der Waals surface area contributed by atoms with Crippen LogP contribution in [0.4, 0.5) is 0 Å². The van der Waals surface area contributed by atoms with E-state index in [0.29, 0.717) is 38.3 Å². The van der Waals surface area contributed by atoms with Gasteiger partial charge >= 0.3 is 0 Å². The number of benzene rings is 1. The maximum absolute atomic E-state index is 12.5. The Balaban J connectivity index is 1.43. The number of H-pyrrole nitrogens is 1. The Morgan fingerprint density at radius 2 is 1.77 bits per heavy atom. The van der Waals surface area contributed by atoms with E-state index in [1.54, 1.807) is 24.2 Å². The third kappa shape index (κ3) is 5.13. The molecule has 1 atom stereocenters. The number of carbonyl (C=O) groups is 1. The van der Waals surface area contributed by atoms with E-state index >= 15 is 0 Å². The Labute approximate surface area is 231 Å². The molecule has 5 rings (SSSR count). The number of likely N-dealkylation sites (tertiary alicyclic amines) is 2. The lowest BCUT2D eigenvalue weighted by Gasteiger charge is -2.55. The van der Waals surface area contributed by atoms with Gasteiger partial charge in [-0.05, 0) is 49.1 Å². The van der Waals surface area contributed by atoms with E-state index in [1.807, 2.05) is 12.1 Å². The minimum Gasteiger partial charge on any atom is -0.389 e. The van der Waals surface area contributed by atoms with Crippen molar-refractivity contribution >= 4 is 5.91 Å². The van der Waals surface area contributed by atoms with Crippen molar-refractivity contribution in [2.24, 2.45) is 5.41 Å². The Hall–Kier alpha value is -3.07. The van der Waals surface area contributed by atoms with Crippen LogP contribution in [-0.4, -0.2) is 79.9 Å². The van der Waals surface area contributed by atoms with Gasteiger partial charge in [0.1, 0.15) is 5.60 Å². The molecule has 0 unspecified atom stereocenters. The van der Waals surface area contributed by atoms with Crippen molar-refractivity contribution in [2.45, 2.75) is 64.1 Å². The predicted octanol–water partition coefficient (Wildman–Crippen LogP) is 3.70. The van der Waals surface area contributed by atoms with Gasteiger partial charge in [0.05, 0.1) is 11.3 Å². The SMILES string of the molecule is CC(=O)N1CCC(O)(Cc2cc(-c3cncc([C@@](O)(c4ccc(C(C)C)cc4)C4(C)CN(C)C4)c3)n[nH]2)CC1. The molecule has 1 aromatic carbocycles. The second kappa shape index (κ2) is 10.2. The van der Waals surface area contributed by atoms with Crippen LogP contribution in [0.15, 0.2) is 48.8 Å². The van der Waals surface area contributed by atoms with Gasteiger partial charge in [-0.25, -0.2) is 0 Å². The fraction of sp³-hybridized carbons (Fsp3) is 0.516. The van der Waals surface area contributed by atoms with Crippen LogP contribution < -0.4 is 0 Å². The number of hydrogen-bond acceptors (Lipinski definition) is 6. The van der Waals surface area contributed by atoms with Gasteiger partial charge in [-0.1, -0.05) is 45.0 Å². The summed E-state index contributed by atoms with van der Waals surface area (Å²) in [5.41, 5.74) is 2.73. The molecule has 0 radical (unpaired) electrons. The highest BCUT2D eigenvalue weighted by molar-refractivity contribution is 5.73. The zero-order valence-corrected chi connectivity index (χ0v) is 23.7. The van der Waals surface area contributed by atoms with Crippen LogP contribution >= 0.6 is 0 Å². The highest BCUT2D eigenvalue weighted by Crippen LogP contribution is 2.50. The molecule has 2 aliphatic heterocycles. The van der Waals surface area contributed by atoms with E-state index in [1.165, 1.54) is 5.56 Å². The van der Waals surface area contributed by atoms with Crippen LogP contribution in [0, 0.1) is 5.41 Å². The fourth-order valence-corrected chi connectivity index (χ4v) is 6.49. The van der Waals surface area contributed by atoms with E-state index in [-0.39, 0.29) is 11.3 Å². The van der Waals surface area contributed by atoms with Gasteiger partial charge in [-0.15, -0.1) is 0 Å². The molecule has 8 nitrogen and oxygen atoms in total. The first-order valence-electron chi connectivity index (χ1n) is 13.9. The van der Waals surface area contributed by atoms with Crippen LogP contribution in [0.1, 0.15) is 68.8 Å². The van der Waals surface area contributed by atoms with Gasteiger partial charge in [-0.3, -0.25) is 14.9 Å². The van der Waals surface area contributed by atoms with E-state index in [4.69, 9.17) is 0 Å². The maximum atomic E-state index is 12.5. The largest absolute Gasteiger partial charge is 0.389 e. The van der Waals surface area contributed by atoms with Crippen LogP contribution in [-0.2, 0) is 16.8 Å². The van der Waals surface area contributed by atoms with Gasteiger partial charge in [0.25, 0.3) is 0 Å². The summed E-state index contributed by atoms with van der Waals surface area (Å²) in [6.45, 7) is 10.7. The number of pyridine rings is 1.